The van der Waals surface area contributed by atoms with Gasteiger partial charge in [0.05, 0.1) is 5.56 Å². The molecule has 0 saturated carbocycles. The first-order valence-electron chi connectivity index (χ1n) is 7.13. The predicted octanol–water partition coefficient (Wildman–Crippen LogP) is 1.35. The maximum atomic E-state index is 12.8. The molecule has 5 nitrogen and oxygen atoms in total. The Morgan fingerprint density at radius 1 is 1.24 bits per heavy atom. The molecule has 2 aromatic rings. The molecular formula is C16H19N3O2. The Kier molecular flexibility index (Phi) is 3.29. The Bertz CT molecular complexity index is 749. The Morgan fingerprint density at radius 3 is 2.67 bits per heavy atom. The number of hydrogen-bond donors (Lipinski definition) is 2. The van der Waals surface area contributed by atoms with Crippen LogP contribution in [-0.4, -0.2) is 41.0 Å². The van der Waals surface area contributed by atoms with Crippen molar-refractivity contribution >= 4 is 16.7 Å². The van der Waals surface area contributed by atoms with Crippen LogP contribution in [0.15, 0.2) is 35.3 Å². The molecule has 21 heavy (non-hydrogen) atoms. The van der Waals surface area contributed by atoms with Crippen LogP contribution < -0.4 is 10.9 Å². The number of hydrogen-bond acceptors (Lipinski definition) is 3. The molecule has 1 aromatic heterocycles. The first kappa shape index (κ1) is 13.8. The van der Waals surface area contributed by atoms with Gasteiger partial charge >= 0.3 is 0 Å². The highest BCUT2D eigenvalue weighted by atomic mass is 16.2. The SMILES string of the molecule is CC1(C)CN(C(=O)c2c[nH]c(=O)c3ccccc23)CCN1. The minimum atomic E-state index is -0.164. The van der Waals surface area contributed by atoms with Crippen LogP contribution in [0.1, 0.15) is 24.2 Å². The van der Waals surface area contributed by atoms with Gasteiger partial charge in [-0.1, -0.05) is 18.2 Å². The number of aromatic nitrogens is 1. The molecule has 1 amide bonds. The zero-order chi connectivity index (χ0) is 15.0. The van der Waals surface area contributed by atoms with Gasteiger partial charge in [0.1, 0.15) is 0 Å². The summed E-state index contributed by atoms with van der Waals surface area (Å²) in [6, 6.07) is 7.22. The van der Waals surface area contributed by atoms with Gasteiger partial charge in [-0.2, -0.15) is 0 Å². The van der Waals surface area contributed by atoms with E-state index in [1.807, 2.05) is 17.0 Å². The number of benzene rings is 1. The number of nitrogens with zero attached hydrogens (tertiary/aromatic N) is 1. The molecule has 0 aliphatic carbocycles. The summed E-state index contributed by atoms with van der Waals surface area (Å²) in [7, 11) is 0. The molecule has 0 atom stereocenters. The summed E-state index contributed by atoms with van der Waals surface area (Å²) >= 11 is 0. The summed E-state index contributed by atoms with van der Waals surface area (Å²) in [5.74, 6) is -0.0305. The van der Waals surface area contributed by atoms with E-state index in [1.165, 1.54) is 6.20 Å². The largest absolute Gasteiger partial charge is 0.335 e. The summed E-state index contributed by atoms with van der Waals surface area (Å²) in [6.45, 7) is 6.27. The van der Waals surface area contributed by atoms with Gasteiger partial charge < -0.3 is 15.2 Å². The van der Waals surface area contributed by atoms with E-state index in [4.69, 9.17) is 0 Å². The molecule has 0 spiro atoms. The molecule has 110 valence electrons. The summed E-state index contributed by atoms with van der Waals surface area (Å²) in [4.78, 5) is 29.1. The first-order chi connectivity index (χ1) is 9.98. The Balaban J connectivity index is 2.03. The van der Waals surface area contributed by atoms with Crippen LogP contribution in [0.5, 0.6) is 0 Å². The van der Waals surface area contributed by atoms with Gasteiger partial charge in [-0.05, 0) is 19.9 Å². The van der Waals surface area contributed by atoms with Crippen LogP contribution >= 0.6 is 0 Å². The normalized spacial score (nSPS) is 17.9. The van der Waals surface area contributed by atoms with Crippen LogP contribution in [0.2, 0.25) is 0 Å². The van der Waals surface area contributed by atoms with E-state index in [-0.39, 0.29) is 17.0 Å². The van der Waals surface area contributed by atoms with Crippen molar-refractivity contribution in [3.63, 3.8) is 0 Å². The standard InChI is InChI=1S/C16H19N3O2/c1-16(2)10-19(8-7-18-16)15(21)13-9-17-14(20)12-6-4-3-5-11(12)13/h3-6,9,18H,7-8,10H2,1-2H3,(H,17,20). The van der Waals surface area contributed by atoms with Crippen LogP contribution in [0.3, 0.4) is 0 Å². The average molecular weight is 285 g/mol. The third kappa shape index (κ3) is 2.56. The second kappa shape index (κ2) is 5.00. The molecule has 2 heterocycles. The number of piperazine rings is 1. The van der Waals surface area contributed by atoms with E-state index in [1.54, 1.807) is 12.1 Å². The van der Waals surface area contributed by atoms with Crippen molar-refractivity contribution in [2.45, 2.75) is 19.4 Å². The highest BCUT2D eigenvalue weighted by molar-refractivity contribution is 6.06. The van der Waals surface area contributed by atoms with Gasteiger partial charge in [0.15, 0.2) is 0 Å². The fourth-order valence-electron chi connectivity index (χ4n) is 2.87. The number of carbonyl (C=O) groups excluding carboxylic acids is 1. The lowest BCUT2D eigenvalue weighted by atomic mass is 10.0. The highest BCUT2D eigenvalue weighted by Crippen LogP contribution is 2.19. The molecule has 1 fully saturated rings. The molecule has 5 heteroatoms. The van der Waals surface area contributed by atoms with Crippen molar-refractivity contribution in [1.82, 2.24) is 15.2 Å². The van der Waals surface area contributed by atoms with Crippen LogP contribution in [0, 0.1) is 0 Å². The van der Waals surface area contributed by atoms with Crippen LogP contribution in [0.25, 0.3) is 10.8 Å². The number of amides is 1. The number of pyridine rings is 1. The molecule has 0 unspecified atom stereocenters. The van der Waals surface area contributed by atoms with Crippen molar-refractivity contribution in [2.24, 2.45) is 0 Å². The van der Waals surface area contributed by atoms with E-state index in [0.717, 1.165) is 6.54 Å². The molecule has 1 aliphatic heterocycles. The van der Waals surface area contributed by atoms with E-state index < -0.39 is 0 Å². The number of H-pyrrole nitrogens is 1. The lowest BCUT2D eigenvalue weighted by Gasteiger charge is -2.39. The number of fused-ring (bicyclic) bond motifs is 1. The molecular weight excluding hydrogens is 266 g/mol. The second-order valence-corrected chi connectivity index (χ2v) is 6.11. The predicted molar refractivity (Wildman–Crippen MR) is 82.6 cm³/mol. The fourth-order valence-corrected chi connectivity index (χ4v) is 2.87. The molecule has 0 bridgehead atoms. The maximum Gasteiger partial charge on any atom is 0.256 e. The topological polar surface area (TPSA) is 65.2 Å². The van der Waals surface area contributed by atoms with E-state index in [0.29, 0.717) is 29.4 Å². The summed E-state index contributed by atoms with van der Waals surface area (Å²) in [6.07, 6.45) is 1.53. The van der Waals surface area contributed by atoms with Crippen molar-refractivity contribution in [1.29, 1.82) is 0 Å². The Labute approximate surface area is 123 Å². The van der Waals surface area contributed by atoms with E-state index in [2.05, 4.69) is 24.1 Å². The molecule has 0 radical (unpaired) electrons. The zero-order valence-electron chi connectivity index (χ0n) is 12.3. The molecule has 1 aliphatic rings. The number of rotatable bonds is 1. The van der Waals surface area contributed by atoms with Gasteiger partial charge in [0.2, 0.25) is 0 Å². The van der Waals surface area contributed by atoms with Gasteiger partial charge in [0.25, 0.3) is 11.5 Å². The summed E-state index contributed by atoms with van der Waals surface area (Å²) in [5, 5.41) is 4.65. The maximum absolute atomic E-state index is 12.8. The van der Waals surface area contributed by atoms with Crippen molar-refractivity contribution < 1.29 is 4.79 Å². The van der Waals surface area contributed by atoms with Crippen LogP contribution in [-0.2, 0) is 0 Å². The molecule has 2 N–H and O–H groups in total. The zero-order valence-corrected chi connectivity index (χ0v) is 12.3. The fraction of sp³-hybridized carbons (Fsp3) is 0.375. The third-order valence-corrected chi connectivity index (χ3v) is 3.90. The van der Waals surface area contributed by atoms with Crippen molar-refractivity contribution in [3.8, 4) is 0 Å². The second-order valence-electron chi connectivity index (χ2n) is 6.11. The van der Waals surface area contributed by atoms with E-state index in [9.17, 15) is 9.59 Å². The quantitative estimate of drug-likeness (QED) is 0.831. The van der Waals surface area contributed by atoms with Gasteiger partial charge in [-0.3, -0.25) is 9.59 Å². The lowest BCUT2D eigenvalue weighted by Crippen LogP contribution is -2.58. The minimum absolute atomic E-state index is 0.0305. The molecule has 3 rings (SSSR count). The third-order valence-electron chi connectivity index (χ3n) is 3.90. The van der Waals surface area contributed by atoms with Crippen molar-refractivity contribution in [3.05, 3.63) is 46.4 Å². The lowest BCUT2D eigenvalue weighted by molar-refractivity contribution is 0.0653. The number of nitrogens with one attached hydrogen (secondary N) is 2. The smallest absolute Gasteiger partial charge is 0.256 e. The van der Waals surface area contributed by atoms with Gasteiger partial charge in [-0.15, -0.1) is 0 Å². The Morgan fingerprint density at radius 2 is 1.95 bits per heavy atom. The molecule has 1 aromatic carbocycles. The minimum Gasteiger partial charge on any atom is -0.335 e. The summed E-state index contributed by atoms with van der Waals surface area (Å²) in [5.41, 5.74) is 0.303. The van der Waals surface area contributed by atoms with E-state index >= 15 is 0 Å². The van der Waals surface area contributed by atoms with Crippen LogP contribution in [0.4, 0.5) is 0 Å². The van der Waals surface area contributed by atoms with Gasteiger partial charge in [0, 0.05) is 42.1 Å². The molecule has 1 saturated heterocycles. The average Bonchev–Trinajstić information content (AvgIpc) is 2.46. The number of carbonyl (C=O) groups is 1. The summed E-state index contributed by atoms with van der Waals surface area (Å²) < 4.78 is 0. The van der Waals surface area contributed by atoms with Gasteiger partial charge in [-0.25, -0.2) is 0 Å². The highest BCUT2D eigenvalue weighted by Gasteiger charge is 2.29. The Hall–Kier alpha value is -2.14. The van der Waals surface area contributed by atoms with Crippen molar-refractivity contribution in [2.75, 3.05) is 19.6 Å². The number of aromatic amines is 1. The first-order valence-corrected chi connectivity index (χ1v) is 7.13. The monoisotopic (exact) mass is 285 g/mol.